The molecule has 40 heavy (non-hydrogen) atoms. The van der Waals surface area contributed by atoms with Crippen molar-refractivity contribution in [3.05, 3.63) is 107 Å². The Bertz CT molecular complexity index is 1370. The van der Waals surface area contributed by atoms with E-state index in [9.17, 15) is 14.7 Å². The van der Waals surface area contributed by atoms with Crippen LogP contribution in [-0.4, -0.2) is 34.4 Å². The van der Waals surface area contributed by atoms with Crippen molar-refractivity contribution in [2.45, 2.75) is 50.5 Å². The number of aliphatic carboxylic acids is 1. The number of rotatable bonds is 8. The Hall–Kier alpha value is -3.94. The van der Waals surface area contributed by atoms with Gasteiger partial charge in [-0.1, -0.05) is 78.7 Å². The summed E-state index contributed by atoms with van der Waals surface area (Å²) in [4.78, 5) is 24.2. The molecule has 0 bridgehead atoms. The second kappa shape index (κ2) is 14.4. The maximum absolute atomic E-state index is 12.7. The lowest BCUT2D eigenvalue weighted by Gasteiger charge is -2.18. The second-order valence-corrected chi connectivity index (χ2v) is 10.4. The second-order valence-electron chi connectivity index (χ2n) is 9.94. The summed E-state index contributed by atoms with van der Waals surface area (Å²) >= 11 is 6.02. The predicted octanol–water partition coefficient (Wildman–Crippen LogP) is 4.37. The van der Waals surface area contributed by atoms with Gasteiger partial charge in [0.2, 0.25) is 0 Å². The SMILES string of the molecule is O=C(Cc1cn(-c2ccccc2)nc1-c1ccc(Cl)cc1)OCC(C(=O)[O-])c1ccccc1.[NH3+]C1CCCCC1. The number of hydrogen-bond donors (Lipinski definition) is 1. The minimum Gasteiger partial charge on any atom is -0.549 e. The molecule has 1 unspecified atom stereocenters. The van der Waals surface area contributed by atoms with Crippen molar-refractivity contribution < 1.29 is 25.2 Å². The van der Waals surface area contributed by atoms with Gasteiger partial charge in [0.05, 0.1) is 35.7 Å². The molecule has 1 atom stereocenters. The lowest BCUT2D eigenvalue weighted by molar-refractivity contribution is -0.425. The van der Waals surface area contributed by atoms with Gasteiger partial charge < -0.3 is 20.4 Å². The third kappa shape index (κ3) is 8.28. The molecule has 0 aliphatic heterocycles. The molecule has 0 radical (unpaired) electrons. The summed E-state index contributed by atoms with van der Waals surface area (Å²) in [6.45, 7) is -0.311. The smallest absolute Gasteiger partial charge is 0.310 e. The fraction of sp³-hybridized carbons (Fsp3) is 0.281. The average molecular weight is 560 g/mol. The summed E-state index contributed by atoms with van der Waals surface area (Å²) in [5, 5.41) is 16.8. The summed E-state index contributed by atoms with van der Waals surface area (Å²) in [6, 6.07) is 26.0. The monoisotopic (exact) mass is 559 g/mol. The normalized spacial score (nSPS) is 14.1. The summed E-state index contributed by atoms with van der Waals surface area (Å²) < 4.78 is 7.03. The van der Waals surface area contributed by atoms with E-state index in [0.717, 1.165) is 17.3 Å². The zero-order chi connectivity index (χ0) is 28.3. The van der Waals surface area contributed by atoms with Crippen LogP contribution in [0.1, 0.15) is 49.1 Å². The van der Waals surface area contributed by atoms with E-state index in [0.29, 0.717) is 21.8 Å². The van der Waals surface area contributed by atoms with Gasteiger partial charge in [-0.05, 0) is 55.5 Å². The lowest BCUT2D eigenvalue weighted by atomic mass is 9.97. The average Bonchev–Trinajstić information content (AvgIpc) is 3.39. The molecule has 7 nitrogen and oxygen atoms in total. The molecule has 5 rings (SSSR count). The van der Waals surface area contributed by atoms with E-state index in [4.69, 9.17) is 16.3 Å². The van der Waals surface area contributed by atoms with Gasteiger partial charge >= 0.3 is 5.97 Å². The van der Waals surface area contributed by atoms with Gasteiger partial charge in [-0.25, -0.2) is 4.68 Å². The number of carbonyl (C=O) groups excluding carboxylic acids is 2. The van der Waals surface area contributed by atoms with Crippen molar-refractivity contribution in [1.29, 1.82) is 0 Å². The Morgan fingerprint density at radius 2 is 1.57 bits per heavy atom. The van der Waals surface area contributed by atoms with Crippen LogP contribution in [0.2, 0.25) is 5.02 Å². The molecule has 1 heterocycles. The van der Waals surface area contributed by atoms with Gasteiger partial charge in [-0.2, -0.15) is 5.10 Å². The van der Waals surface area contributed by atoms with Crippen molar-refractivity contribution in [1.82, 2.24) is 9.78 Å². The van der Waals surface area contributed by atoms with Gasteiger partial charge in [0.25, 0.3) is 0 Å². The Balaban J connectivity index is 0.000000461. The first kappa shape index (κ1) is 29.1. The van der Waals surface area contributed by atoms with E-state index in [-0.39, 0.29) is 13.0 Å². The number of halogens is 1. The quantitative estimate of drug-likeness (QED) is 0.322. The molecule has 8 heteroatoms. The summed E-state index contributed by atoms with van der Waals surface area (Å²) in [6.07, 6.45) is 8.75. The first-order valence-electron chi connectivity index (χ1n) is 13.5. The fourth-order valence-electron chi connectivity index (χ4n) is 4.66. The lowest BCUT2D eigenvalue weighted by Crippen LogP contribution is -2.61. The van der Waals surface area contributed by atoms with Crippen molar-refractivity contribution in [2.75, 3.05) is 6.61 Å². The first-order chi connectivity index (χ1) is 19.4. The van der Waals surface area contributed by atoms with Crippen LogP contribution < -0.4 is 10.8 Å². The van der Waals surface area contributed by atoms with E-state index in [2.05, 4.69) is 10.8 Å². The third-order valence-corrected chi connectivity index (χ3v) is 7.14. The number of quaternary nitrogens is 1. The maximum atomic E-state index is 12.7. The minimum absolute atomic E-state index is 0.0701. The minimum atomic E-state index is -1.30. The number of esters is 1. The van der Waals surface area contributed by atoms with Crippen molar-refractivity contribution in [2.24, 2.45) is 0 Å². The van der Waals surface area contributed by atoms with Crippen LogP contribution in [-0.2, 0) is 20.7 Å². The van der Waals surface area contributed by atoms with Crippen LogP contribution in [0.5, 0.6) is 0 Å². The highest BCUT2D eigenvalue weighted by Gasteiger charge is 2.19. The van der Waals surface area contributed by atoms with E-state index in [1.807, 2.05) is 42.5 Å². The number of ether oxygens (including phenoxy) is 1. The summed E-state index contributed by atoms with van der Waals surface area (Å²) in [5.74, 6) is -2.90. The Kier molecular flexibility index (Phi) is 10.5. The van der Waals surface area contributed by atoms with Gasteiger partial charge in [0.1, 0.15) is 6.61 Å². The molecular weight excluding hydrogens is 526 g/mol. The van der Waals surface area contributed by atoms with Gasteiger partial charge in [-0.3, -0.25) is 4.79 Å². The number of aromatic nitrogens is 2. The predicted molar refractivity (Wildman–Crippen MR) is 153 cm³/mol. The summed E-state index contributed by atoms with van der Waals surface area (Å²) in [5.41, 5.74) is 7.42. The first-order valence-corrected chi connectivity index (χ1v) is 13.9. The molecule has 0 spiro atoms. The van der Waals surface area contributed by atoms with Gasteiger partial charge in [0.15, 0.2) is 0 Å². The number of carbonyl (C=O) groups is 2. The maximum Gasteiger partial charge on any atom is 0.310 e. The van der Waals surface area contributed by atoms with E-state index < -0.39 is 17.9 Å². The van der Waals surface area contributed by atoms with Gasteiger partial charge in [-0.15, -0.1) is 0 Å². The molecule has 0 saturated heterocycles. The Morgan fingerprint density at radius 1 is 0.950 bits per heavy atom. The van der Waals surface area contributed by atoms with E-state index in [1.54, 1.807) is 53.3 Å². The molecule has 3 N–H and O–H groups in total. The van der Waals surface area contributed by atoms with Gasteiger partial charge in [0, 0.05) is 22.3 Å². The number of carboxylic acid groups (broad SMARTS) is 1. The van der Waals surface area contributed by atoms with Crippen LogP contribution >= 0.6 is 11.6 Å². The molecule has 1 saturated carbocycles. The van der Waals surface area contributed by atoms with E-state index in [1.165, 1.54) is 32.1 Å². The molecular formula is C32H34ClN3O4. The molecule has 0 amide bonds. The van der Waals surface area contributed by atoms with Crippen LogP contribution in [0.3, 0.4) is 0 Å². The Labute approximate surface area is 239 Å². The zero-order valence-electron chi connectivity index (χ0n) is 22.4. The summed E-state index contributed by atoms with van der Waals surface area (Å²) in [7, 11) is 0. The molecule has 1 aliphatic carbocycles. The molecule has 1 fully saturated rings. The van der Waals surface area contributed by atoms with E-state index >= 15 is 0 Å². The number of carboxylic acids is 1. The van der Waals surface area contributed by atoms with Crippen LogP contribution in [0.25, 0.3) is 16.9 Å². The van der Waals surface area contributed by atoms with Crippen molar-refractivity contribution in [3.63, 3.8) is 0 Å². The molecule has 3 aromatic carbocycles. The number of benzene rings is 3. The largest absolute Gasteiger partial charge is 0.549 e. The van der Waals surface area contributed by atoms with Crippen molar-refractivity contribution in [3.8, 4) is 16.9 Å². The highest BCUT2D eigenvalue weighted by Crippen LogP contribution is 2.26. The van der Waals surface area contributed by atoms with Crippen molar-refractivity contribution >= 4 is 23.5 Å². The number of nitrogens with zero attached hydrogens (tertiary/aromatic N) is 2. The third-order valence-electron chi connectivity index (χ3n) is 6.89. The van der Waals surface area contributed by atoms with Crippen LogP contribution in [0, 0.1) is 0 Å². The standard InChI is InChI=1S/C26H21ClN2O4.C6H13N/c27-21-13-11-19(12-14-21)25-20(16-29(28-25)22-9-5-2-6-10-22)15-24(30)33-17-23(26(31)32)18-7-3-1-4-8-18;7-6-4-2-1-3-5-6/h1-14,16,23H,15,17H2,(H,31,32);6H,1-5,7H2. The van der Waals surface area contributed by atoms with Crippen LogP contribution in [0.4, 0.5) is 0 Å². The topological polar surface area (TPSA) is 112 Å². The zero-order valence-corrected chi connectivity index (χ0v) is 23.1. The van der Waals surface area contributed by atoms with Crippen LogP contribution in [0.15, 0.2) is 91.1 Å². The molecule has 1 aliphatic rings. The highest BCUT2D eigenvalue weighted by atomic mass is 35.5. The highest BCUT2D eigenvalue weighted by molar-refractivity contribution is 6.30. The number of hydrogen-bond acceptors (Lipinski definition) is 5. The molecule has 208 valence electrons. The fourth-order valence-corrected chi connectivity index (χ4v) is 4.78. The molecule has 1 aromatic heterocycles. The molecule has 4 aromatic rings. The number of para-hydroxylation sites is 1. The Morgan fingerprint density at radius 3 is 2.15 bits per heavy atom.